The van der Waals surface area contributed by atoms with Crippen molar-refractivity contribution in [3.05, 3.63) is 60.8 Å². The summed E-state index contributed by atoms with van der Waals surface area (Å²) in [6.07, 6.45) is 44.4. The minimum atomic E-state index is -4.51. The van der Waals surface area contributed by atoms with Gasteiger partial charge in [-0.05, 0) is 57.8 Å². The van der Waals surface area contributed by atoms with Gasteiger partial charge in [-0.15, -0.1) is 0 Å². The van der Waals surface area contributed by atoms with E-state index in [9.17, 15) is 14.3 Å². The molecule has 0 fully saturated rings. The van der Waals surface area contributed by atoms with Crippen molar-refractivity contribution in [2.75, 3.05) is 54.1 Å². The number of quaternary nitrogens is 1. The van der Waals surface area contributed by atoms with Gasteiger partial charge in [0.05, 0.1) is 34.4 Å². The van der Waals surface area contributed by atoms with Crippen molar-refractivity contribution >= 4 is 13.8 Å². The smallest absolute Gasteiger partial charge is 0.306 e. The van der Waals surface area contributed by atoms with Crippen LogP contribution in [-0.4, -0.2) is 70.7 Å². The van der Waals surface area contributed by atoms with Crippen LogP contribution in [0.5, 0.6) is 0 Å². The Labute approximate surface area is 320 Å². The molecule has 52 heavy (non-hydrogen) atoms. The Morgan fingerprint density at radius 3 is 1.65 bits per heavy atom. The monoisotopic (exact) mass is 752 g/mol. The van der Waals surface area contributed by atoms with E-state index in [1.165, 1.54) is 57.8 Å². The molecule has 0 saturated carbocycles. The van der Waals surface area contributed by atoms with E-state index in [1.807, 2.05) is 21.1 Å². The van der Waals surface area contributed by atoms with Gasteiger partial charge in [0.25, 0.3) is 7.82 Å². The molecule has 0 amide bonds. The van der Waals surface area contributed by atoms with Crippen molar-refractivity contribution in [2.24, 2.45) is 0 Å². The highest BCUT2D eigenvalue weighted by atomic mass is 31.2. The molecule has 9 heteroatoms. The van der Waals surface area contributed by atoms with Crippen molar-refractivity contribution in [1.29, 1.82) is 0 Å². The molecule has 2 atom stereocenters. The average molecular weight is 752 g/mol. The molecule has 0 aromatic rings. The van der Waals surface area contributed by atoms with Gasteiger partial charge in [-0.25, -0.2) is 0 Å². The van der Waals surface area contributed by atoms with Gasteiger partial charge in [0.2, 0.25) is 0 Å². The van der Waals surface area contributed by atoms with Crippen molar-refractivity contribution in [2.45, 2.75) is 155 Å². The lowest BCUT2D eigenvalue weighted by Crippen LogP contribution is -2.37. The average Bonchev–Trinajstić information content (AvgIpc) is 3.09. The Kier molecular flexibility index (Phi) is 34.9. The predicted octanol–water partition coefficient (Wildman–Crippen LogP) is 11.1. The number of carbonyl (C=O) groups excluding carboxylic acids is 1. The minimum absolute atomic E-state index is 0.0229. The lowest BCUT2D eigenvalue weighted by molar-refractivity contribution is -0.870. The second-order valence-corrected chi connectivity index (χ2v) is 16.0. The number of rotatable bonds is 37. The molecule has 8 nitrogen and oxygen atoms in total. The molecule has 302 valence electrons. The minimum Gasteiger partial charge on any atom is -0.756 e. The molecule has 0 aromatic carbocycles. The Balaban J connectivity index is 3.93. The highest BCUT2D eigenvalue weighted by Crippen LogP contribution is 2.38. The van der Waals surface area contributed by atoms with Crippen LogP contribution in [0.15, 0.2) is 60.8 Å². The molecule has 0 spiro atoms. The molecule has 0 heterocycles. The van der Waals surface area contributed by atoms with Crippen molar-refractivity contribution < 1.29 is 37.3 Å². The Hall–Kier alpha value is -1.80. The van der Waals surface area contributed by atoms with Crippen molar-refractivity contribution in [3.63, 3.8) is 0 Å². The van der Waals surface area contributed by atoms with Crippen LogP contribution in [0.25, 0.3) is 0 Å². The van der Waals surface area contributed by atoms with Gasteiger partial charge in [-0.3, -0.25) is 9.36 Å². The van der Waals surface area contributed by atoms with Crippen LogP contribution in [0.4, 0.5) is 0 Å². The van der Waals surface area contributed by atoms with E-state index in [0.29, 0.717) is 24.1 Å². The normalized spacial score (nSPS) is 14.5. The molecule has 0 aromatic heterocycles. The zero-order chi connectivity index (χ0) is 38.4. The van der Waals surface area contributed by atoms with E-state index >= 15 is 0 Å². The van der Waals surface area contributed by atoms with E-state index in [2.05, 4.69) is 74.6 Å². The summed E-state index contributed by atoms with van der Waals surface area (Å²) in [6.45, 7) is 5.14. The maximum absolute atomic E-state index is 12.4. The van der Waals surface area contributed by atoms with Crippen LogP contribution in [0.1, 0.15) is 149 Å². The van der Waals surface area contributed by atoms with Gasteiger partial charge in [-0.1, -0.05) is 145 Å². The Morgan fingerprint density at radius 1 is 0.615 bits per heavy atom. The van der Waals surface area contributed by atoms with Crippen LogP contribution in [0.3, 0.4) is 0 Å². The lowest BCUT2D eigenvalue weighted by atomic mass is 10.1. The molecule has 0 radical (unpaired) electrons. The van der Waals surface area contributed by atoms with E-state index in [-0.39, 0.29) is 25.8 Å². The van der Waals surface area contributed by atoms with Crippen LogP contribution in [0.2, 0.25) is 0 Å². The van der Waals surface area contributed by atoms with Crippen LogP contribution in [-0.2, 0) is 27.9 Å². The number of carbonyl (C=O) groups is 1. The topological polar surface area (TPSA) is 94.1 Å². The summed E-state index contributed by atoms with van der Waals surface area (Å²) in [5.41, 5.74) is 0. The zero-order valence-corrected chi connectivity index (χ0v) is 34.9. The van der Waals surface area contributed by atoms with Crippen molar-refractivity contribution in [1.82, 2.24) is 0 Å². The van der Waals surface area contributed by atoms with E-state index in [0.717, 1.165) is 70.6 Å². The lowest BCUT2D eigenvalue weighted by Gasteiger charge is -2.28. The highest BCUT2D eigenvalue weighted by Gasteiger charge is 2.20. The SMILES string of the molecule is CC/C=C\C/C=C\C/C=C\C/C=C\C/C=C\CCCCCCCCCCCCOCC(COP(=O)([O-])OCC[N+](C)(C)C)OC(=O)CCCCCC. The quantitative estimate of drug-likeness (QED) is 0.0205. The third-order valence-electron chi connectivity index (χ3n) is 8.33. The first-order chi connectivity index (χ1) is 25.1. The largest absolute Gasteiger partial charge is 0.756 e. The number of ether oxygens (including phenoxy) is 2. The fraction of sp³-hybridized carbons (Fsp3) is 0.744. The maximum atomic E-state index is 12.4. The Bertz CT molecular complexity index is 1020. The number of hydrogen-bond donors (Lipinski definition) is 0. The molecule has 0 rings (SSSR count). The van der Waals surface area contributed by atoms with E-state index < -0.39 is 13.9 Å². The number of nitrogens with zero attached hydrogens (tertiary/aromatic N) is 1. The maximum Gasteiger partial charge on any atom is 0.306 e. The molecular weight excluding hydrogens is 673 g/mol. The zero-order valence-electron chi connectivity index (χ0n) is 34.0. The predicted molar refractivity (Wildman–Crippen MR) is 217 cm³/mol. The molecule has 0 aliphatic rings. The molecule has 2 unspecified atom stereocenters. The van der Waals surface area contributed by atoms with Crippen LogP contribution < -0.4 is 4.89 Å². The molecule has 0 bridgehead atoms. The fourth-order valence-electron chi connectivity index (χ4n) is 5.16. The number of hydrogen-bond acceptors (Lipinski definition) is 7. The summed E-state index contributed by atoms with van der Waals surface area (Å²) in [5, 5.41) is 0. The van der Waals surface area contributed by atoms with Crippen LogP contribution in [0, 0.1) is 0 Å². The number of esters is 1. The molecule has 0 aliphatic heterocycles. The first-order valence-corrected chi connectivity index (χ1v) is 22.0. The standard InChI is InChI=1S/C43H78NO7P/c1-6-8-10-12-13-14-15-16-17-18-19-20-21-22-23-24-25-26-27-28-29-30-31-32-33-35-38-48-40-42(51-43(45)36-34-11-9-7-2)41-50-52(46,47)49-39-37-44(3,4)5/h8,10,13-14,16-17,19-20,22-23,42H,6-7,9,11-12,15,18,21,24-41H2,1-5H3/b10-8-,14-13-,17-16-,20-19-,23-22-. The first-order valence-electron chi connectivity index (χ1n) is 20.5. The molecule has 0 aliphatic carbocycles. The molecule has 0 N–H and O–H groups in total. The summed E-state index contributed by atoms with van der Waals surface area (Å²) in [5.74, 6) is -0.356. The number of allylic oxidation sites excluding steroid dienone is 10. The van der Waals surface area contributed by atoms with Crippen molar-refractivity contribution in [3.8, 4) is 0 Å². The third-order valence-corrected chi connectivity index (χ3v) is 9.30. The van der Waals surface area contributed by atoms with Gasteiger partial charge in [0.15, 0.2) is 0 Å². The van der Waals surface area contributed by atoms with E-state index in [1.54, 1.807) is 0 Å². The second kappa shape index (κ2) is 36.2. The summed E-state index contributed by atoms with van der Waals surface area (Å²) in [4.78, 5) is 24.6. The summed E-state index contributed by atoms with van der Waals surface area (Å²) in [7, 11) is 1.34. The van der Waals surface area contributed by atoms with E-state index in [4.69, 9.17) is 18.5 Å². The fourth-order valence-corrected chi connectivity index (χ4v) is 5.89. The number of likely N-dealkylation sites (N-methyl/N-ethyl adjacent to an activating group) is 1. The van der Waals surface area contributed by atoms with Gasteiger partial charge in [0, 0.05) is 13.0 Å². The molecule has 0 saturated heterocycles. The van der Waals surface area contributed by atoms with Gasteiger partial charge in [0.1, 0.15) is 19.3 Å². The summed E-state index contributed by atoms with van der Waals surface area (Å²) >= 11 is 0. The van der Waals surface area contributed by atoms with Crippen LogP contribution >= 0.6 is 7.82 Å². The molecular formula is C43H78NO7P. The first kappa shape index (κ1) is 50.2. The second-order valence-electron chi connectivity index (χ2n) is 14.6. The summed E-state index contributed by atoms with van der Waals surface area (Å²) in [6, 6.07) is 0. The number of phosphoric acid groups is 1. The summed E-state index contributed by atoms with van der Waals surface area (Å²) < 4.78 is 34.2. The van der Waals surface area contributed by atoms with Gasteiger partial charge in [-0.2, -0.15) is 0 Å². The Morgan fingerprint density at radius 2 is 1.12 bits per heavy atom. The van der Waals surface area contributed by atoms with Gasteiger partial charge >= 0.3 is 5.97 Å². The number of phosphoric ester groups is 1. The van der Waals surface area contributed by atoms with Gasteiger partial charge < -0.3 is 27.9 Å². The third kappa shape index (κ3) is 39.4. The highest BCUT2D eigenvalue weighted by molar-refractivity contribution is 7.45. The number of unbranched alkanes of at least 4 members (excludes halogenated alkanes) is 13.